The van der Waals surface area contributed by atoms with E-state index in [1.165, 1.54) is 24.8 Å². The highest BCUT2D eigenvalue weighted by Crippen LogP contribution is 2.62. The smallest absolute Gasteiger partial charge is 0.192 e. The maximum absolute atomic E-state index is 11.3. The molecule has 0 unspecified atom stereocenters. The summed E-state index contributed by atoms with van der Waals surface area (Å²) in [5.41, 5.74) is 2.09. The lowest BCUT2D eigenvalue weighted by atomic mass is 9.47. The summed E-state index contributed by atoms with van der Waals surface area (Å²) in [4.78, 5) is 22.0. The highest BCUT2D eigenvalue weighted by atomic mass is 17.2. The van der Waals surface area contributed by atoms with Crippen LogP contribution in [0, 0.1) is 22.7 Å². The van der Waals surface area contributed by atoms with Gasteiger partial charge in [-0.05, 0) is 54.1 Å². The zero-order chi connectivity index (χ0) is 17.5. The number of aliphatic hydroxyl groups is 1. The maximum Gasteiger partial charge on any atom is 0.192 e. The van der Waals surface area contributed by atoms with E-state index in [1.54, 1.807) is 0 Å². The van der Waals surface area contributed by atoms with Crippen molar-refractivity contribution in [2.24, 2.45) is 22.7 Å². The lowest BCUT2D eigenvalue weighted by molar-refractivity contribution is -0.389. The Bertz CT molecular complexity index is 550. The molecule has 1 aliphatic heterocycles. The van der Waals surface area contributed by atoms with Gasteiger partial charge in [0.05, 0.1) is 0 Å². The van der Waals surface area contributed by atoms with Gasteiger partial charge in [0.15, 0.2) is 6.29 Å². The van der Waals surface area contributed by atoms with Gasteiger partial charge in [0, 0.05) is 12.3 Å². The number of hydrogen-bond donors (Lipinski definition) is 1. The van der Waals surface area contributed by atoms with E-state index in [4.69, 9.17) is 9.78 Å². The van der Waals surface area contributed by atoms with E-state index in [1.807, 2.05) is 6.08 Å². The molecule has 0 aromatic rings. The molecular formula is C20H30O4. The summed E-state index contributed by atoms with van der Waals surface area (Å²) in [6.07, 6.45) is 7.10. The summed E-state index contributed by atoms with van der Waals surface area (Å²) in [5, 5.41) is 9.78. The molecule has 0 radical (unpaired) electrons. The minimum absolute atomic E-state index is 0.0743. The van der Waals surface area contributed by atoms with Crippen LogP contribution in [0.2, 0.25) is 0 Å². The van der Waals surface area contributed by atoms with Crippen LogP contribution in [0.15, 0.2) is 23.8 Å². The highest BCUT2D eigenvalue weighted by molar-refractivity contribution is 5.73. The van der Waals surface area contributed by atoms with Crippen molar-refractivity contribution in [2.45, 2.75) is 71.7 Å². The third kappa shape index (κ3) is 3.00. The fourth-order valence-electron chi connectivity index (χ4n) is 5.73. The predicted molar refractivity (Wildman–Crippen MR) is 91.8 cm³/mol. The fraction of sp³-hybridized carbons (Fsp3) is 0.750. The summed E-state index contributed by atoms with van der Waals surface area (Å²) in [5.74, 6) is 0.704. The normalized spacial score (nSPS) is 42.7. The Labute approximate surface area is 144 Å². The van der Waals surface area contributed by atoms with Crippen molar-refractivity contribution in [1.82, 2.24) is 0 Å². The number of fused-ring (bicyclic) bond motifs is 1. The second-order valence-electron chi connectivity index (χ2n) is 8.75. The Morgan fingerprint density at radius 1 is 1.29 bits per heavy atom. The molecule has 0 aromatic carbocycles. The first kappa shape index (κ1) is 17.8. The number of rotatable bonds is 2. The average molecular weight is 334 g/mol. The van der Waals surface area contributed by atoms with Gasteiger partial charge in [0.1, 0.15) is 12.4 Å². The van der Waals surface area contributed by atoms with Gasteiger partial charge in [-0.2, -0.15) is 0 Å². The minimum Gasteiger partial charge on any atom is -0.365 e. The molecule has 0 bridgehead atoms. The fourth-order valence-corrected chi connectivity index (χ4v) is 5.73. The molecule has 134 valence electrons. The summed E-state index contributed by atoms with van der Waals surface area (Å²) < 4.78 is 0. The molecular weight excluding hydrogens is 304 g/mol. The summed E-state index contributed by atoms with van der Waals surface area (Å²) in [6, 6.07) is 0. The van der Waals surface area contributed by atoms with E-state index in [9.17, 15) is 9.90 Å². The molecule has 2 aliphatic carbocycles. The number of carbonyl (C=O) groups excluding carboxylic acids is 1. The molecule has 5 atom stereocenters. The monoisotopic (exact) mass is 334 g/mol. The molecule has 24 heavy (non-hydrogen) atoms. The summed E-state index contributed by atoms with van der Waals surface area (Å²) in [7, 11) is 0. The van der Waals surface area contributed by atoms with E-state index in [2.05, 4.69) is 27.4 Å². The van der Waals surface area contributed by atoms with Crippen LogP contribution in [0.25, 0.3) is 0 Å². The Morgan fingerprint density at radius 2 is 2.04 bits per heavy atom. The molecule has 2 saturated carbocycles. The quantitative estimate of drug-likeness (QED) is 0.472. The zero-order valence-electron chi connectivity index (χ0n) is 15.1. The standard InChI is InChI=1S/C20H30O4/c1-13-6-7-16-19(2,3)8-5-9-20(16,4)18(13)15-10-14(12-21)11-17(22)24-23-15/h10,12,15-18,22H,1,5-9,11H2,2-4H3/t15-,16+,17-,18-,20+/m1/s1. The van der Waals surface area contributed by atoms with Crippen molar-refractivity contribution in [1.29, 1.82) is 0 Å². The molecule has 0 aromatic heterocycles. The van der Waals surface area contributed by atoms with Gasteiger partial charge >= 0.3 is 0 Å². The van der Waals surface area contributed by atoms with E-state index < -0.39 is 6.29 Å². The van der Waals surface area contributed by atoms with Gasteiger partial charge in [0.2, 0.25) is 0 Å². The number of carbonyl (C=O) groups is 1. The van der Waals surface area contributed by atoms with Crippen molar-refractivity contribution in [3.05, 3.63) is 23.8 Å². The van der Waals surface area contributed by atoms with Gasteiger partial charge in [-0.25, -0.2) is 9.78 Å². The van der Waals surface area contributed by atoms with Crippen LogP contribution < -0.4 is 0 Å². The first-order valence-corrected chi connectivity index (χ1v) is 9.11. The molecule has 1 N–H and O–H groups in total. The van der Waals surface area contributed by atoms with Gasteiger partial charge in [0.25, 0.3) is 0 Å². The van der Waals surface area contributed by atoms with Crippen LogP contribution in [0.4, 0.5) is 0 Å². The minimum atomic E-state index is -1.09. The lowest BCUT2D eigenvalue weighted by Crippen LogP contribution is -2.52. The Hall–Kier alpha value is -0.970. The third-order valence-electron chi connectivity index (χ3n) is 6.73. The van der Waals surface area contributed by atoms with Crippen LogP contribution in [-0.4, -0.2) is 23.8 Å². The van der Waals surface area contributed by atoms with Crippen molar-refractivity contribution < 1.29 is 19.7 Å². The SMILES string of the molecule is C=C1CC[C@H]2C(C)(C)CCC[C@]2(C)[C@H]1[C@H]1C=C(C=O)C[C@H](O)OO1. The van der Waals surface area contributed by atoms with Crippen LogP contribution in [0.5, 0.6) is 0 Å². The second-order valence-corrected chi connectivity index (χ2v) is 8.75. The van der Waals surface area contributed by atoms with Crippen molar-refractivity contribution in [2.75, 3.05) is 0 Å². The molecule has 0 saturated heterocycles. The van der Waals surface area contributed by atoms with Gasteiger partial charge in [-0.3, -0.25) is 4.79 Å². The summed E-state index contributed by atoms with van der Waals surface area (Å²) >= 11 is 0. The average Bonchev–Trinajstić information content (AvgIpc) is 2.67. The second kappa shape index (κ2) is 6.40. The summed E-state index contributed by atoms with van der Waals surface area (Å²) in [6.45, 7) is 11.4. The molecule has 3 aliphatic rings. The molecule has 2 fully saturated rings. The van der Waals surface area contributed by atoms with Crippen LogP contribution in [0.3, 0.4) is 0 Å². The van der Waals surface area contributed by atoms with Gasteiger partial charge < -0.3 is 5.11 Å². The topological polar surface area (TPSA) is 55.8 Å². The number of aliphatic hydroxyl groups excluding tert-OH is 1. The first-order chi connectivity index (χ1) is 11.3. The molecule has 4 heteroatoms. The van der Waals surface area contributed by atoms with E-state index in [-0.39, 0.29) is 23.9 Å². The van der Waals surface area contributed by atoms with Crippen LogP contribution in [0.1, 0.15) is 59.3 Å². The van der Waals surface area contributed by atoms with Crippen molar-refractivity contribution in [3.63, 3.8) is 0 Å². The van der Waals surface area contributed by atoms with Crippen molar-refractivity contribution >= 4 is 6.29 Å². The van der Waals surface area contributed by atoms with Crippen LogP contribution >= 0.6 is 0 Å². The molecule has 3 rings (SSSR count). The molecule has 0 spiro atoms. The third-order valence-corrected chi connectivity index (χ3v) is 6.73. The van der Waals surface area contributed by atoms with Crippen LogP contribution in [-0.2, 0) is 14.6 Å². The maximum atomic E-state index is 11.3. The van der Waals surface area contributed by atoms with E-state index in [0.29, 0.717) is 16.9 Å². The molecule has 4 nitrogen and oxygen atoms in total. The lowest BCUT2D eigenvalue weighted by Gasteiger charge is -2.58. The Balaban J connectivity index is 1.97. The van der Waals surface area contributed by atoms with E-state index >= 15 is 0 Å². The molecule has 0 amide bonds. The number of aldehydes is 1. The molecule has 1 heterocycles. The zero-order valence-corrected chi connectivity index (χ0v) is 15.1. The van der Waals surface area contributed by atoms with Gasteiger partial charge in [-0.1, -0.05) is 39.3 Å². The van der Waals surface area contributed by atoms with Gasteiger partial charge in [-0.15, -0.1) is 0 Å². The first-order valence-electron chi connectivity index (χ1n) is 9.11. The highest BCUT2D eigenvalue weighted by Gasteiger charge is 2.55. The Morgan fingerprint density at radius 3 is 2.75 bits per heavy atom. The predicted octanol–water partition coefficient (Wildman–Crippen LogP) is 3.95. The largest absolute Gasteiger partial charge is 0.365 e. The van der Waals surface area contributed by atoms with E-state index in [0.717, 1.165) is 19.1 Å². The number of hydrogen-bond acceptors (Lipinski definition) is 4. The van der Waals surface area contributed by atoms with Crippen molar-refractivity contribution in [3.8, 4) is 0 Å². The Kier molecular flexibility index (Phi) is 4.75.